The first kappa shape index (κ1) is 30.1. The third-order valence-electron chi connectivity index (χ3n) is 4.69. The van der Waals surface area contributed by atoms with Crippen LogP contribution in [0.5, 0.6) is 0 Å². The second-order valence-corrected chi connectivity index (χ2v) is 7.20. The highest BCUT2D eigenvalue weighted by molar-refractivity contribution is 5.82. The lowest BCUT2D eigenvalue weighted by atomic mass is 9.95. The zero-order valence-corrected chi connectivity index (χ0v) is 19.8. The van der Waals surface area contributed by atoms with E-state index in [0.717, 1.165) is 0 Å². The summed E-state index contributed by atoms with van der Waals surface area (Å²) >= 11 is 0. The van der Waals surface area contributed by atoms with Crippen molar-refractivity contribution in [3.63, 3.8) is 0 Å². The summed E-state index contributed by atoms with van der Waals surface area (Å²) in [6, 6.07) is -0.175. The van der Waals surface area contributed by atoms with Gasteiger partial charge in [0.15, 0.2) is 0 Å². The zero-order chi connectivity index (χ0) is 23.2. The Balaban J connectivity index is 3.36. The van der Waals surface area contributed by atoms with Gasteiger partial charge in [0.25, 0.3) is 0 Å². The van der Waals surface area contributed by atoms with E-state index in [1.807, 2.05) is 6.92 Å². The fourth-order valence-corrected chi connectivity index (χ4v) is 2.67. The van der Waals surface area contributed by atoms with Crippen molar-refractivity contribution in [1.82, 2.24) is 5.32 Å². The van der Waals surface area contributed by atoms with Crippen LogP contribution in [-0.2, 0) is 38.0 Å². The number of rotatable bonds is 24. The van der Waals surface area contributed by atoms with Gasteiger partial charge in [0, 0.05) is 19.4 Å². The van der Waals surface area contributed by atoms with Gasteiger partial charge in [-0.2, -0.15) is 0 Å². The Bertz CT molecular complexity index is 436. The van der Waals surface area contributed by atoms with E-state index < -0.39 is 0 Å². The first-order chi connectivity index (χ1) is 15.0. The highest BCUT2D eigenvalue weighted by atomic mass is 16.6. The number of Topliss-reactive ketones (excluding diaryl/α,β-unsaturated/α-hetero) is 2. The van der Waals surface area contributed by atoms with Crippen LogP contribution in [0.3, 0.4) is 0 Å². The van der Waals surface area contributed by atoms with E-state index in [9.17, 15) is 9.59 Å². The molecule has 0 aliphatic heterocycles. The summed E-state index contributed by atoms with van der Waals surface area (Å²) in [5.74, 6) is 0.194. The molecule has 1 unspecified atom stereocenters. The Kier molecular flexibility index (Phi) is 21.6. The van der Waals surface area contributed by atoms with Gasteiger partial charge in [0.05, 0.1) is 78.7 Å². The lowest BCUT2D eigenvalue weighted by Crippen LogP contribution is -2.33. The van der Waals surface area contributed by atoms with Crippen LogP contribution in [0.2, 0.25) is 0 Å². The van der Waals surface area contributed by atoms with Gasteiger partial charge in [0.1, 0.15) is 11.6 Å². The van der Waals surface area contributed by atoms with Crippen LogP contribution >= 0.6 is 0 Å². The molecule has 2 atom stereocenters. The number of carbonyl (C=O) groups excluding carboxylic acids is 2. The molecule has 0 amide bonds. The van der Waals surface area contributed by atoms with Crippen LogP contribution in [0.25, 0.3) is 0 Å². The quantitative estimate of drug-likeness (QED) is 0.218. The van der Waals surface area contributed by atoms with E-state index in [1.54, 1.807) is 21.1 Å². The lowest BCUT2D eigenvalue weighted by molar-refractivity contribution is -0.124. The predicted octanol–water partition coefficient (Wildman–Crippen LogP) is 1.27. The molecule has 31 heavy (non-hydrogen) atoms. The molecule has 0 aromatic heterocycles. The van der Waals surface area contributed by atoms with Crippen LogP contribution < -0.4 is 5.32 Å². The van der Waals surface area contributed by atoms with Gasteiger partial charge in [-0.3, -0.25) is 9.59 Å². The molecule has 184 valence electrons. The highest BCUT2D eigenvalue weighted by Gasteiger charge is 2.17. The van der Waals surface area contributed by atoms with Crippen molar-refractivity contribution in [2.45, 2.75) is 39.2 Å². The summed E-state index contributed by atoms with van der Waals surface area (Å²) < 4.78 is 31.8. The number of ether oxygens (including phenoxy) is 6. The first-order valence-electron chi connectivity index (χ1n) is 11.1. The summed E-state index contributed by atoms with van der Waals surface area (Å²) in [7, 11) is 3.40. The standard InChI is InChI=1S/C22H43NO8/c1-19(5-6-21(23-3)20(2)24)22(25)7-8-27-11-12-29-15-16-31-18-17-30-14-13-28-10-9-26-4/h19,21,23H,5-18H2,1-4H3/t19?,21-/m0/s1. The van der Waals surface area contributed by atoms with Crippen molar-refractivity contribution in [2.75, 3.05) is 86.8 Å². The van der Waals surface area contributed by atoms with Crippen molar-refractivity contribution in [2.24, 2.45) is 5.92 Å². The summed E-state index contributed by atoms with van der Waals surface area (Å²) in [4.78, 5) is 23.5. The summed E-state index contributed by atoms with van der Waals surface area (Å²) in [5, 5.41) is 2.98. The molecule has 0 aliphatic carbocycles. The van der Waals surface area contributed by atoms with E-state index in [0.29, 0.717) is 91.9 Å². The van der Waals surface area contributed by atoms with Gasteiger partial charge < -0.3 is 33.7 Å². The van der Waals surface area contributed by atoms with Crippen LogP contribution in [0, 0.1) is 5.92 Å². The third-order valence-corrected chi connectivity index (χ3v) is 4.69. The van der Waals surface area contributed by atoms with Crippen molar-refractivity contribution in [3.05, 3.63) is 0 Å². The van der Waals surface area contributed by atoms with Crippen molar-refractivity contribution >= 4 is 11.6 Å². The Morgan fingerprint density at radius 1 is 0.710 bits per heavy atom. The average molecular weight is 450 g/mol. The predicted molar refractivity (Wildman–Crippen MR) is 118 cm³/mol. The molecule has 1 N–H and O–H groups in total. The van der Waals surface area contributed by atoms with Gasteiger partial charge in [-0.15, -0.1) is 0 Å². The molecular formula is C22H43NO8. The minimum atomic E-state index is -0.175. The second-order valence-electron chi connectivity index (χ2n) is 7.20. The molecule has 0 spiro atoms. The second kappa shape index (κ2) is 22.3. The minimum Gasteiger partial charge on any atom is -0.382 e. The lowest BCUT2D eigenvalue weighted by Gasteiger charge is -2.15. The van der Waals surface area contributed by atoms with Crippen LogP contribution in [-0.4, -0.2) is 104 Å². The highest BCUT2D eigenvalue weighted by Crippen LogP contribution is 2.11. The van der Waals surface area contributed by atoms with Gasteiger partial charge in [0.2, 0.25) is 0 Å². The van der Waals surface area contributed by atoms with Crippen molar-refractivity contribution in [1.29, 1.82) is 0 Å². The van der Waals surface area contributed by atoms with E-state index in [4.69, 9.17) is 28.4 Å². The molecule has 0 saturated carbocycles. The van der Waals surface area contributed by atoms with E-state index in [1.165, 1.54) is 0 Å². The number of hydrogen-bond donors (Lipinski definition) is 1. The summed E-state index contributed by atoms with van der Waals surface area (Å²) in [5.41, 5.74) is 0. The molecule has 0 saturated heterocycles. The van der Waals surface area contributed by atoms with Gasteiger partial charge >= 0.3 is 0 Å². The largest absolute Gasteiger partial charge is 0.382 e. The maximum atomic E-state index is 12.1. The smallest absolute Gasteiger partial charge is 0.146 e. The third kappa shape index (κ3) is 19.5. The molecule has 0 aromatic carbocycles. The van der Waals surface area contributed by atoms with E-state index in [2.05, 4.69) is 5.32 Å². The zero-order valence-electron chi connectivity index (χ0n) is 19.8. The van der Waals surface area contributed by atoms with Gasteiger partial charge in [-0.25, -0.2) is 0 Å². The fourth-order valence-electron chi connectivity index (χ4n) is 2.67. The molecule has 0 bridgehead atoms. The maximum absolute atomic E-state index is 12.1. The molecule has 9 heteroatoms. The molecular weight excluding hydrogens is 406 g/mol. The topological polar surface area (TPSA) is 102 Å². The van der Waals surface area contributed by atoms with Crippen molar-refractivity contribution < 1.29 is 38.0 Å². The molecule has 0 aromatic rings. The molecule has 0 rings (SSSR count). The Morgan fingerprint density at radius 3 is 1.52 bits per heavy atom. The summed E-state index contributed by atoms with van der Waals surface area (Å²) in [6.45, 7) is 9.03. The van der Waals surface area contributed by atoms with E-state index >= 15 is 0 Å². The van der Waals surface area contributed by atoms with Gasteiger partial charge in [-0.1, -0.05) is 6.92 Å². The Labute approximate surface area is 187 Å². The maximum Gasteiger partial charge on any atom is 0.146 e. The monoisotopic (exact) mass is 449 g/mol. The number of nitrogens with one attached hydrogen (secondary N) is 1. The van der Waals surface area contributed by atoms with Crippen LogP contribution in [0.1, 0.15) is 33.1 Å². The number of carbonyl (C=O) groups is 2. The molecule has 0 radical (unpaired) electrons. The van der Waals surface area contributed by atoms with Gasteiger partial charge in [-0.05, 0) is 26.8 Å². The molecule has 9 nitrogen and oxygen atoms in total. The first-order valence-corrected chi connectivity index (χ1v) is 11.1. The molecule has 0 heterocycles. The van der Waals surface area contributed by atoms with E-state index in [-0.39, 0.29) is 23.5 Å². The normalized spacial score (nSPS) is 13.3. The Morgan fingerprint density at radius 2 is 1.13 bits per heavy atom. The number of likely N-dealkylation sites (N-methyl/N-ethyl adjacent to an activating group) is 1. The average Bonchev–Trinajstić information content (AvgIpc) is 2.75. The SMILES string of the molecule is CN[C@@H](CCC(C)C(=O)CCOCCOCCOCCOCCOCCOC)C(C)=O. The number of methoxy groups -OCH3 is 1. The summed E-state index contributed by atoms with van der Waals surface area (Å²) in [6.07, 6.45) is 1.75. The fraction of sp³-hybridized carbons (Fsp3) is 0.909. The van der Waals surface area contributed by atoms with Crippen molar-refractivity contribution in [3.8, 4) is 0 Å². The molecule has 0 fully saturated rings. The number of ketones is 2. The molecule has 0 aliphatic rings. The van der Waals surface area contributed by atoms with Crippen LogP contribution in [0.4, 0.5) is 0 Å². The number of hydrogen-bond acceptors (Lipinski definition) is 9. The Hall–Kier alpha value is -0.940. The van der Waals surface area contributed by atoms with Crippen LogP contribution in [0.15, 0.2) is 0 Å². The minimum absolute atomic E-state index is 0.0700.